The summed E-state index contributed by atoms with van der Waals surface area (Å²) in [5.74, 6) is -1.26. The molecule has 13 nitrogen and oxygen atoms in total. The number of ether oxygens (including phenoxy) is 10. The zero-order valence-electron chi connectivity index (χ0n) is 40.1. The average Bonchev–Trinajstić information content (AvgIpc) is 3.89. The van der Waals surface area contributed by atoms with Crippen molar-refractivity contribution in [2.45, 2.75) is 190 Å². The molecule has 2 aromatic rings. The Morgan fingerprint density at radius 1 is 0.862 bits per heavy atom. The Morgan fingerprint density at radius 3 is 2.23 bits per heavy atom. The number of alkyl halides is 1. The Labute approximate surface area is 393 Å². The zero-order valence-corrected chi connectivity index (χ0v) is 41.8. The van der Waals surface area contributed by atoms with Gasteiger partial charge in [0, 0.05) is 52.6 Å². The predicted octanol–water partition coefficient (Wildman–Crippen LogP) is 9.72. The summed E-state index contributed by atoms with van der Waals surface area (Å²) in [7, 11) is 2.91. The highest BCUT2D eigenvalue weighted by atomic mass is 35.5. The Morgan fingerprint density at radius 2 is 1.57 bits per heavy atom. The van der Waals surface area contributed by atoms with Crippen LogP contribution in [0.5, 0.6) is 5.75 Å². The summed E-state index contributed by atoms with van der Waals surface area (Å²) < 4.78 is 70.7. The highest BCUT2D eigenvalue weighted by molar-refractivity contribution is 6.73. The molecule has 366 valence electrons. The van der Waals surface area contributed by atoms with Crippen LogP contribution in [-0.4, -0.2) is 120 Å². The van der Waals surface area contributed by atoms with Gasteiger partial charge in [0.05, 0.1) is 56.2 Å². The van der Waals surface area contributed by atoms with E-state index in [9.17, 15) is 9.90 Å². The fourth-order valence-corrected chi connectivity index (χ4v) is 13.6. The molecule has 0 unspecified atom stereocenters. The molecule has 4 aliphatic rings. The van der Waals surface area contributed by atoms with E-state index in [1.165, 1.54) is 0 Å². The van der Waals surface area contributed by atoms with Crippen LogP contribution in [0.25, 0.3) is 0 Å². The molecule has 2 spiro atoms. The molecule has 4 heterocycles. The van der Waals surface area contributed by atoms with Crippen LogP contribution in [0, 0.1) is 11.8 Å². The molecule has 13 atom stereocenters. The van der Waals surface area contributed by atoms with Crippen molar-refractivity contribution in [3.05, 3.63) is 65.7 Å². The minimum Gasteiger partial charge on any atom is -0.497 e. The molecule has 4 aliphatic heterocycles. The van der Waals surface area contributed by atoms with Crippen molar-refractivity contribution < 1.29 is 61.7 Å². The molecule has 0 aromatic heterocycles. The Balaban J connectivity index is 1.17. The highest BCUT2D eigenvalue weighted by Gasteiger charge is 2.61. The number of aliphatic hydroxyl groups excluding tert-OH is 1. The van der Waals surface area contributed by atoms with Crippen LogP contribution in [0.4, 0.5) is 4.79 Å². The molecule has 15 heteroatoms. The summed E-state index contributed by atoms with van der Waals surface area (Å²) in [5, 5.41) is 9.25. The second-order valence-electron chi connectivity index (χ2n) is 18.7. The van der Waals surface area contributed by atoms with E-state index in [0.717, 1.165) is 41.4 Å². The van der Waals surface area contributed by atoms with E-state index in [1.54, 1.807) is 21.3 Å². The fourth-order valence-electron chi connectivity index (χ4n) is 10.4. The number of hydrogen-bond acceptors (Lipinski definition) is 13. The van der Waals surface area contributed by atoms with Gasteiger partial charge in [-0.05, 0) is 85.8 Å². The SMILES string of the molecule is CC[Si](CC)(CC)O[C@H]1C[C@@]2(O[C@H]1CCOCc1ccccc1)O[C@]1(CC[C@@H]2C)C[C@@H](OC)[C@H](Cl)[C@@H](CC[C@H](C)[C@@H]2OC(=O)O[C@@H]2[C@@H](OCc2ccc(OC)cc2)[C@H](CCCO)OC)O1. The first-order valence-electron chi connectivity index (χ1n) is 24.2. The van der Waals surface area contributed by atoms with Crippen molar-refractivity contribution in [2.75, 3.05) is 34.5 Å². The summed E-state index contributed by atoms with van der Waals surface area (Å²) in [6.45, 7) is 12.4. The van der Waals surface area contributed by atoms with Crippen LogP contribution in [0.15, 0.2) is 54.6 Å². The third-order valence-electron chi connectivity index (χ3n) is 14.7. The second kappa shape index (κ2) is 24.3. The lowest BCUT2D eigenvalue weighted by Gasteiger charge is -2.54. The quantitative estimate of drug-likeness (QED) is 0.0438. The maximum absolute atomic E-state index is 12.9. The molecular weight excluding hydrogens is 872 g/mol. The van der Waals surface area contributed by atoms with E-state index in [1.807, 2.05) is 49.4 Å². The summed E-state index contributed by atoms with van der Waals surface area (Å²) in [6.07, 6.45) is 0.975. The van der Waals surface area contributed by atoms with Crippen LogP contribution >= 0.6 is 11.6 Å². The largest absolute Gasteiger partial charge is 0.509 e. The molecule has 0 radical (unpaired) electrons. The minimum atomic E-state index is -2.01. The molecule has 0 saturated carbocycles. The van der Waals surface area contributed by atoms with Crippen molar-refractivity contribution in [2.24, 2.45) is 11.8 Å². The van der Waals surface area contributed by atoms with Crippen LogP contribution in [0.2, 0.25) is 18.1 Å². The van der Waals surface area contributed by atoms with E-state index >= 15 is 0 Å². The van der Waals surface area contributed by atoms with Crippen molar-refractivity contribution in [3.8, 4) is 5.75 Å². The van der Waals surface area contributed by atoms with Crippen LogP contribution < -0.4 is 4.74 Å². The third kappa shape index (κ3) is 12.9. The highest BCUT2D eigenvalue weighted by Crippen LogP contribution is 2.53. The standard InChI is InChI=1S/C50H77ClO13Si/c1-9-65(10-2,11-3)63-42-31-50(62-39(42)26-29-57-32-36-16-13-12-14-17-36)35(5)25-27-49(64-50)30-43(56-8)44(51)40(61-49)24-19-34(4)45-47(60-48(53)59-45)46(41(55-7)18-15-28-52)58-33-37-20-22-38(54-6)23-21-37/h12-14,16-17,20-23,34-35,39-47,52H,9-11,15,18-19,24-33H2,1-8H3/t34-,35-,39-,40+,41-,42-,43+,44+,45-,46-,47-,49+,50+/m0/s1. The Hall–Kier alpha value is -2.34. The molecule has 0 amide bonds. The summed E-state index contributed by atoms with van der Waals surface area (Å²) >= 11 is 7.24. The van der Waals surface area contributed by atoms with Gasteiger partial charge in [0.1, 0.15) is 18.0 Å². The van der Waals surface area contributed by atoms with Crippen LogP contribution in [0.3, 0.4) is 0 Å². The van der Waals surface area contributed by atoms with Gasteiger partial charge >= 0.3 is 6.16 Å². The van der Waals surface area contributed by atoms with Gasteiger partial charge in [-0.25, -0.2) is 4.79 Å². The third-order valence-corrected chi connectivity index (χ3v) is 19.9. The predicted molar refractivity (Wildman–Crippen MR) is 249 cm³/mol. The van der Waals surface area contributed by atoms with Crippen LogP contribution in [-0.2, 0) is 60.3 Å². The van der Waals surface area contributed by atoms with Crippen molar-refractivity contribution >= 4 is 26.1 Å². The van der Waals surface area contributed by atoms with Gasteiger partial charge in [-0.1, -0.05) is 77.1 Å². The topological polar surface area (TPSA) is 139 Å². The molecule has 4 saturated heterocycles. The molecule has 6 rings (SSSR count). The number of cyclic esters (lactones) is 2. The molecule has 4 fully saturated rings. The van der Waals surface area contributed by atoms with E-state index in [4.69, 9.17) is 63.4 Å². The maximum Gasteiger partial charge on any atom is 0.509 e. The summed E-state index contributed by atoms with van der Waals surface area (Å²) in [6, 6.07) is 21.0. The Bertz CT molecular complexity index is 1710. The number of carbonyl (C=O) groups excluding carboxylic acids is 1. The van der Waals surface area contributed by atoms with E-state index in [2.05, 4.69) is 39.8 Å². The molecule has 0 bridgehead atoms. The number of aliphatic hydroxyl groups is 1. The lowest BCUT2D eigenvalue weighted by Crippen LogP contribution is -2.61. The number of methoxy groups -OCH3 is 3. The first kappa shape index (κ1) is 52.0. The van der Waals surface area contributed by atoms with Gasteiger partial charge in [-0.2, -0.15) is 0 Å². The van der Waals surface area contributed by atoms with E-state index < -0.39 is 61.9 Å². The zero-order chi connectivity index (χ0) is 46.6. The Kier molecular flexibility index (Phi) is 19.4. The molecule has 2 aromatic carbocycles. The smallest absolute Gasteiger partial charge is 0.497 e. The van der Waals surface area contributed by atoms with Gasteiger partial charge in [-0.15, -0.1) is 11.6 Å². The fraction of sp³-hybridized carbons (Fsp3) is 0.740. The second-order valence-corrected chi connectivity index (χ2v) is 23.9. The number of carbonyl (C=O) groups is 1. The van der Waals surface area contributed by atoms with Crippen molar-refractivity contribution in [1.29, 1.82) is 0 Å². The minimum absolute atomic E-state index is 0.00936. The number of benzene rings is 2. The van der Waals surface area contributed by atoms with Crippen molar-refractivity contribution in [1.82, 2.24) is 0 Å². The summed E-state index contributed by atoms with van der Waals surface area (Å²) in [5.41, 5.74) is 2.05. The maximum atomic E-state index is 12.9. The average molecular weight is 950 g/mol. The first-order chi connectivity index (χ1) is 31.4. The monoisotopic (exact) mass is 948 g/mol. The van der Waals surface area contributed by atoms with E-state index in [0.29, 0.717) is 64.6 Å². The number of halogens is 1. The number of hydrogen-bond donors (Lipinski definition) is 1. The van der Waals surface area contributed by atoms with Gasteiger partial charge in [-0.3, -0.25) is 0 Å². The summed E-state index contributed by atoms with van der Waals surface area (Å²) in [4.78, 5) is 12.9. The lowest BCUT2D eigenvalue weighted by atomic mass is 9.82. The first-order valence-corrected chi connectivity index (χ1v) is 27.1. The van der Waals surface area contributed by atoms with Gasteiger partial charge < -0.3 is 56.9 Å². The van der Waals surface area contributed by atoms with E-state index in [-0.39, 0.29) is 43.4 Å². The van der Waals surface area contributed by atoms with Gasteiger partial charge in [0.15, 0.2) is 26.0 Å². The van der Waals surface area contributed by atoms with Gasteiger partial charge in [0.25, 0.3) is 0 Å². The normalized spacial score (nSPS) is 31.8. The van der Waals surface area contributed by atoms with Crippen LogP contribution in [0.1, 0.15) is 104 Å². The molecule has 0 aliphatic carbocycles. The molecular formula is C50H77ClO13Si. The molecule has 1 N–H and O–H groups in total. The van der Waals surface area contributed by atoms with Gasteiger partial charge in [0.2, 0.25) is 0 Å². The lowest BCUT2D eigenvalue weighted by molar-refractivity contribution is -0.414. The molecule has 65 heavy (non-hydrogen) atoms. The van der Waals surface area contributed by atoms with Crippen molar-refractivity contribution in [3.63, 3.8) is 0 Å². The number of rotatable bonds is 25.